The zero-order valence-electron chi connectivity index (χ0n) is 11.9. The van der Waals surface area contributed by atoms with Gasteiger partial charge in [-0.05, 0) is 18.3 Å². The van der Waals surface area contributed by atoms with Crippen LogP contribution >= 0.6 is 0 Å². The van der Waals surface area contributed by atoms with Crippen molar-refractivity contribution in [2.45, 2.75) is 33.1 Å². The first-order valence-electron chi connectivity index (χ1n) is 7.13. The van der Waals surface area contributed by atoms with Gasteiger partial charge in [-0.25, -0.2) is 0 Å². The lowest BCUT2D eigenvalue weighted by molar-refractivity contribution is -0.141. The van der Waals surface area contributed by atoms with E-state index in [1.54, 1.807) is 0 Å². The van der Waals surface area contributed by atoms with E-state index in [1.165, 1.54) is 0 Å². The third kappa shape index (κ3) is 3.26. The molecular weight excluding hydrogens is 244 g/mol. The molecule has 1 saturated heterocycles. The fourth-order valence-electron chi connectivity index (χ4n) is 3.32. The first-order chi connectivity index (χ1) is 8.90. The second kappa shape index (κ2) is 5.49. The molecule has 1 aliphatic carbocycles. The van der Waals surface area contributed by atoms with E-state index < -0.39 is 5.97 Å². The number of hydrogen-bond donors (Lipinski definition) is 1. The molecule has 2 rings (SSSR count). The van der Waals surface area contributed by atoms with Gasteiger partial charge < -0.3 is 10.0 Å². The van der Waals surface area contributed by atoms with Crippen LogP contribution in [-0.2, 0) is 9.59 Å². The van der Waals surface area contributed by atoms with Gasteiger partial charge in [-0.3, -0.25) is 14.5 Å². The van der Waals surface area contributed by atoms with E-state index in [1.807, 2.05) is 9.80 Å². The normalized spacial score (nSPS) is 27.5. The van der Waals surface area contributed by atoms with E-state index >= 15 is 0 Å². The van der Waals surface area contributed by atoms with Crippen LogP contribution in [0.15, 0.2) is 0 Å². The summed E-state index contributed by atoms with van der Waals surface area (Å²) >= 11 is 0. The van der Waals surface area contributed by atoms with Gasteiger partial charge >= 0.3 is 5.97 Å². The molecule has 19 heavy (non-hydrogen) atoms. The van der Waals surface area contributed by atoms with Crippen molar-refractivity contribution < 1.29 is 14.7 Å². The minimum Gasteiger partial charge on any atom is -0.480 e. The lowest BCUT2D eigenvalue weighted by Gasteiger charge is -2.37. The van der Waals surface area contributed by atoms with Crippen molar-refractivity contribution in [3.8, 4) is 0 Å². The van der Waals surface area contributed by atoms with Crippen LogP contribution in [0.3, 0.4) is 0 Å². The van der Waals surface area contributed by atoms with Crippen molar-refractivity contribution in [1.82, 2.24) is 9.80 Å². The van der Waals surface area contributed by atoms with E-state index in [9.17, 15) is 9.59 Å². The summed E-state index contributed by atoms with van der Waals surface area (Å²) in [5.74, 6) is -0.368. The summed E-state index contributed by atoms with van der Waals surface area (Å²) in [5, 5.41) is 8.76. The molecule has 1 saturated carbocycles. The first-order valence-corrected chi connectivity index (χ1v) is 7.13. The molecule has 1 N–H and O–H groups in total. The molecular formula is C14H24N2O3. The van der Waals surface area contributed by atoms with Crippen LogP contribution in [0, 0.1) is 11.3 Å². The van der Waals surface area contributed by atoms with Crippen LogP contribution < -0.4 is 0 Å². The molecule has 1 unspecified atom stereocenters. The second-order valence-electron chi connectivity index (χ2n) is 6.43. The maximum Gasteiger partial charge on any atom is 0.317 e. The highest BCUT2D eigenvalue weighted by atomic mass is 16.4. The average molecular weight is 268 g/mol. The van der Waals surface area contributed by atoms with Crippen LogP contribution in [0.5, 0.6) is 0 Å². The Morgan fingerprint density at radius 2 is 1.84 bits per heavy atom. The van der Waals surface area contributed by atoms with Gasteiger partial charge in [0.05, 0.1) is 6.54 Å². The molecule has 2 fully saturated rings. The Balaban J connectivity index is 1.87. The van der Waals surface area contributed by atoms with E-state index in [-0.39, 0.29) is 23.8 Å². The second-order valence-corrected chi connectivity index (χ2v) is 6.43. The number of carbonyl (C=O) groups is 2. The number of amides is 1. The molecule has 5 heteroatoms. The molecule has 1 heterocycles. The summed E-state index contributed by atoms with van der Waals surface area (Å²) in [4.78, 5) is 27.0. The van der Waals surface area contributed by atoms with Gasteiger partial charge in [-0.1, -0.05) is 20.3 Å². The van der Waals surface area contributed by atoms with Crippen molar-refractivity contribution in [3.05, 3.63) is 0 Å². The van der Waals surface area contributed by atoms with Gasteiger partial charge in [0.2, 0.25) is 5.91 Å². The zero-order valence-corrected chi connectivity index (χ0v) is 11.9. The van der Waals surface area contributed by atoms with E-state index in [4.69, 9.17) is 5.11 Å². The number of piperazine rings is 1. The number of carboxylic acids is 1. The van der Waals surface area contributed by atoms with Gasteiger partial charge in [0.25, 0.3) is 0 Å². The molecule has 1 aliphatic heterocycles. The van der Waals surface area contributed by atoms with Crippen LogP contribution in [0.4, 0.5) is 0 Å². The standard InChI is InChI=1S/C14H24N2O3/c1-14(2)5-3-4-11(14)13(19)16-8-6-15(7-9-16)10-12(17)18/h11H,3-10H2,1-2H3,(H,17,18). The molecule has 1 amide bonds. The first kappa shape index (κ1) is 14.3. The quantitative estimate of drug-likeness (QED) is 0.831. The van der Waals surface area contributed by atoms with Crippen LogP contribution in [0.25, 0.3) is 0 Å². The van der Waals surface area contributed by atoms with Gasteiger partial charge in [-0.15, -0.1) is 0 Å². The number of nitrogens with zero attached hydrogens (tertiary/aromatic N) is 2. The highest BCUT2D eigenvalue weighted by Gasteiger charge is 2.41. The molecule has 0 bridgehead atoms. The summed E-state index contributed by atoms with van der Waals surface area (Å²) in [6.07, 6.45) is 3.27. The Bertz CT molecular complexity index is 360. The number of rotatable bonds is 3. The Hall–Kier alpha value is -1.10. The van der Waals surface area contributed by atoms with E-state index in [0.29, 0.717) is 26.2 Å². The Kier molecular flexibility index (Phi) is 4.13. The van der Waals surface area contributed by atoms with Gasteiger partial charge in [0.1, 0.15) is 0 Å². The lowest BCUT2D eigenvalue weighted by atomic mass is 9.81. The highest BCUT2D eigenvalue weighted by Crippen LogP contribution is 2.43. The minimum absolute atomic E-state index is 0.0803. The molecule has 0 radical (unpaired) electrons. The Morgan fingerprint density at radius 1 is 1.21 bits per heavy atom. The summed E-state index contributed by atoms with van der Waals surface area (Å²) in [5.41, 5.74) is 0.120. The predicted octanol–water partition coefficient (Wildman–Crippen LogP) is 1.04. The fraction of sp³-hybridized carbons (Fsp3) is 0.857. The highest BCUT2D eigenvalue weighted by molar-refractivity contribution is 5.80. The molecule has 108 valence electrons. The minimum atomic E-state index is -0.795. The average Bonchev–Trinajstić information content (AvgIpc) is 2.68. The maximum atomic E-state index is 12.5. The van der Waals surface area contributed by atoms with Crippen molar-refractivity contribution in [3.63, 3.8) is 0 Å². The van der Waals surface area contributed by atoms with Crippen LogP contribution in [0.1, 0.15) is 33.1 Å². The van der Waals surface area contributed by atoms with Crippen molar-refractivity contribution in [1.29, 1.82) is 0 Å². The topological polar surface area (TPSA) is 60.9 Å². The number of carboxylic acid groups (broad SMARTS) is 1. The third-order valence-electron chi connectivity index (χ3n) is 4.60. The van der Waals surface area contributed by atoms with Crippen molar-refractivity contribution in [2.24, 2.45) is 11.3 Å². The van der Waals surface area contributed by atoms with Crippen molar-refractivity contribution in [2.75, 3.05) is 32.7 Å². The number of aliphatic carboxylic acids is 1. The SMILES string of the molecule is CC1(C)CCCC1C(=O)N1CCN(CC(=O)O)CC1. The third-order valence-corrected chi connectivity index (χ3v) is 4.60. The zero-order chi connectivity index (χ0) is 14.0. The monoisotopic (exact) mass is 268 g/mol. The molecule has 2 aliphatic rings. The number of hydrogen-bond acceptors (Lipinski definition) is 3. The number of carbonyl (C=O) groups excluding carboxylic acids is 1. The Morgan fingerprint density at radius 3 is 2.32 bits per heavy atom. The maximum absolute atomic E-state index is 12.5. The fourth-order valence-corrected chi connectivity index (χ4v) is 3.32. The molecule has 0 spiro atoms. The predicted molar refractivity (Wildman–Crippen MR) is 71.8 cm³/mol. The van der Waals surface area contributed by atoms with Gasteiger partial charge in [-0.2, -0.15) is 0 Å². The van der Waals surface area contributed by atoms with Gasteiger partial charge in [0.15, 0.2) is 0 Å². The summed E-state index contributed by atoms with van der Waals surface area (Å²) in [6.45, 7) is 7.12. The lowest BCUT2D eigenvalue weighted by Crippen LogP contribution is -2.52. The molecule has 0 aromatic carbocycles. The molecule has 5 nitrogen and oxygen atoms in total. The van der Waals surface area contributed by atoms with E-state index in [0.717, 1.165) is 19.3 Å². The van der Waals surface area contributed by atoms with Crippen molar-refractivity contribution >= 4 is 11.9 Å². The Labute approximate surface area is 114 Å². The summed E-state index contributed by atoms with van der Waals surface area (Å²) in [7, 11) is 0. The van der Waals surface area contributed by atoms with Crippen LogP contribution in [0.2, 0.25) is 0 Å². The largest absolute Gasteiger partial charge is 0.480 e. The van der Waals surface area contributed by atoms with Crippen LogP contribution in [-0.4, -0.2) is 59.5 Å². The van der Waals surface area contributed by atoms with Gasteiger partial charge in [0, 0.05) is 32.1 Å². The summed E-state index contributed by atoms with van der Waals surface area (Å²) in [6, 6.07) is 0. The smallest absolute Gasteiger partial charge is 0.317 e. The molecule has 0 aromatic heterocycles. The summed E-state index contributed by atoms with van der Waals surface area (Å²) < 4.78 is 0. The van der Waals surface area contributed by atoms with E-state index in [2.05, 4.69) is 13.8 Å². The molecule has 0 aromatic rings. The molecule has 1 atom stereocenters.